The first-order valence-electron chi connectivity index (χ1n) is 11.9. The topological polar surface area (TPSA) is 83.2 Å². The number of pyridine rings is 1. The van der Waals surface area contributed by atoms with Crippen molar-refractivity contribution >= 4 is 41.1 Å². The monoisotopic (exact) mass is 617 g/mol. The lowest BCUT2D eigenvalue weighted by Crippen LogP contribution is -2.34. The van der Waals surface area contributed by atoms with Gasteiger partial charge >= 0.3 is 6.18 Å². The highest BCUT2D eigenvalue weighted by Crippen LogP contribution is 2.33. The molecule has 0 saturated heterocycles. The minimum atomic E-state index is -5.01. The number of aromatic nitrogens is 3. The van der Waals surface area contributed by atoms with Crippen molar-refractivity contribution in [3.63, 3.8) is 0 Å². The van der Waals surface area contributed by atoms with Crippen molar-refractivity contribution < 1.29 is 27.1 Å². The third-order valence-electron chi connectivity index (χ3n) is 6.06. The molecule has 1 atom stereocenters. The maximum absolute atomic E-state index is 13.9. The van der Waals surface area contributed by atoms with Crippen molar-refractivity contribution in [2.75, 3.05) is 6.61 Å². The summed E-state index contributed by atoms with van der Waals surface area (Å²) in [6.45, 7) is 6.29. The zero-order valence-electron chi connectivity index (χ0n) is 21.1. The number of carbonyl (C=O) groups is 1. The van der Waals surface area contributed by atoms with E-state index in [-0.39, 0.29) is 29.2 Å². The van der Waals surface area contributed by atoms with Crippen LogP contribution in [0.2, 0.25) is 25.7 Å². The van der Waals surface area contributed by atoms with Crippen molar-refractivity contribution in [2.24, 2.45) is 0 Å². The Morgan fingerprint density at radius 3 is 2.53 bits per heavy atom. The Morgan fingerprint density at radius 1 is 1.18 bits per heavy atom. The van der Waals surface area contributed by atoms with E-state index in [1.807, 2.05) is 0 Å². The molecule has 0 N–H and O–H groups in total. The molecule has 0 spiro atoms. The number of aldehydes is 1. The summed E-state index contributed by atoms with van der Waals surface area (Å²) in [6, 6.07) is 4.97. The van der Waals surface area contributed by atoms with Gasteiger partial charge in [-0.05, 0) is 58.4 Å². The molecule has 0 saturated carbocycles. The van der Waals surface area contributed by atoms with E-state index in [1.165, 1.54) is 16.8 Å². The van der Waals surface area contributed by atoms with Gasteiger partial charge in [-0.25, -0.2) is 9.07 Å². The second kappa shape index (κ2) is 12.0. The molecule has 38 heavy (non-hydrogen) atoms. The van der Waals surface area contributed by atoms with E-state index in [0.29, 0.717) is 23.0 Å². The molecule has 3 aromatic rings. The molecule has 0 radical (unpaired) electrons. The summed E-state index contributed by atoms with van der Waals surface area (Å²) < 4.78 is 63.1. The minimum Gasteiger partial charge on any atom is -0.359 e. The number of carbonyl (C=O) groups excluding carboxylic acids is 1. The first kappa shape index (κ1) is 29.9. The normalized spacial score (nSPS) is 13.2. The maximum Gasteiger partial charge on any atom is 0.422 e. The number of aryl methyl sites for hydroxylation is 1. The highest BCUT2D eigenvalue weighted by Gasteiger charge is 2.39. The first-order valence-corrected chi connectivity index (χ1v) is 16.4. The van der Waals surface area contributed by atoms with E-state index >= 15 is 0 Å². The van der Waals surface area contributed by atoms with Crippen molar-refractivity contribution in [3.05, 3.63) is 72.7 Å². The zero-order chi connectivity index (χ0) is 28.3. The molecule has 7 nitrogen and oxygen atoms in total. The third-order valence-corrected chi connectivity index (χ3v) is 8.37. The predicted molar refractivity (Wildman–Crippen MR) is 142 cm³/mol. The fourth-order valence-corrected chi connectivity index (χ4v) is 5.04. The van der Waals surface area contributed by atoms with Crippen molar-refractivity contribution in [3.8, 4) is 0 Å². The standard InChI is InChI=1S/C25H28BrF4N3O4Si/c1-38(2,3)10-9-37-15-33-24(36)22(25(28,29)30)19(13-31-33)17(14-34)5-4-7-32-8-6-16-11-20(26)21(27)12-18(16)23(32)35/h6,8,11-14,17H,4-5,7,9-10,15H2,1-3H3. The lowest BCUT2D eigenvalue weighted by Gasteiger charge is -2.19. The van der Waals surface area contributed by atoms with Crippen LogP contribution < -0.4 is 11.1 Å². The summed E-state index contributed by atoms with van der Waals surface area (Å²) in [5, 5.41) is 4.50. The van der Waals surface area contributed by atoms with Crippen LogP contribution in [0.5, 0.6) is 0 Å². The van der Waals surface area contributed by atoms with Gasteiger partial charge in [-0.2, -0.15) is 18.3 Å². The number of hydrogen-bond acceptors (Lipinski definition) is 5. The molecule has 1 unspecified atom stereocenters. The van der Waals surface area contributed by atoms with Crippen LogP contribution in [0.1, 0.15) is 29.9 Å². The van der Waals surface area contributed by atoms with Crippen LogP contribution in [0.25, 0.3) is 10.8 Å². The van der Waals surface area contributed by atoms with Crippen LogP contribution in [0.15, 0.2) is 44.7 Å². The molecule has 3 rings (SSSR count). The zero-order valence-corrected chi connectivity index (χ0v) is 23.7. The number of halogens is 5. The lowest BCUT2D eigenvalue weighted by atomic mass is 9.93. The summed E-state index contributed by atoms with van der Waals surface area (Å²) in [5.41, 5.74) is -3.82. The lowest BCUT2D eigenvalue weighted by molar-refractivity contribution is -0.140. The number of rotatable bonds is 11. The molecule has 2 heterocycles. The quantitative estimate of drug-likeness (QED) is 0.122. The number of alkyl halides is 3. The number of ether oxygens (including phenoxy) is 1. The Kier molecular flexibility index (Phi) is 9.47. The van der Waals surface area contributed by atoms with Crippen LogP contribution in [-0.2, 0) is 29.0 Å². The van der Waals surface area contributed by atoms with Gasteiger partial charge in [0, 0.05) is 38.9 Å². The molecule has 0 aliphatic heterocycles. The van der Waals surface area contributed by atoms with Gasteiger partial charge in [0.15, 0.2) is 0 Å². The van der Waals surface area contributed by atoms with Gasteiger partial charge in [0.2, 0.25) is 0 Å². The van der Waals surface area contributed by atoms with E-state index in [0.717, 1.165) is 18.3 Å². The maximum atomic E-state index is 13.9. The van der Waals surface area contributed by atoms with Crippen LogP contribution in [0, 0.1) is 5.82 Å². The summed E-state index contributed by atoms with van der Waals surface area (Å²) in [4.78, 5) is 37.2. The Hall–Kier alpha value is -2.64. The van der Waals surface area contributed by atoms with E-state index in [9.17, 15) is 31.9 Å². The van der Waals surface area contributed by atoms with E-state index < -0.39 is 55.0 Å². The van der Waals surface area contributed by atoms with Crippen LogP contribution >= 0.6 is 15.9 Å². The van der Waals surface area contributed by atoms with Gasteiger partial charge in [-0.1, -0.05) is 19.6 Å². The largest absolute Gasteiger partial charge is 0.422 e. The Balaban J connectivity index is 1.79. The summed E-state index contributed by atoms with van der Waals surface area (Å²) in [5.74, 6) is -1.87. The Labute approximate surface area is 225 Å². The Morgan fingerprint density at radius 2 is 1.89 bits per heavy atom. The molecule has 0 aliphatic carbocycles. The van der Waals surface area contributed by atoms with Crippen LogP contribution in [0.4, 0.5) is 17.6 Å². The average molecular weight is 618 g/mol. The second-order valence-corrected chi connectivity index (χ2v) is 16.7. The second-order valence-electron chi connectivity index (χ2n) is 10.2. The molecule has 2 aromatic heterocycles. The van der Waals surface area contributed by atoms with Gasteiger partial charge in [-0.15, -0.1) is 0 Å². The van der Waals surface area contributed by atoms with Crippen LogP contribution in [0.3, 0.4) is 0 Å². The van der Waals surface area contributed by atoms with E-state index in [2.05, 4.69) is 40.7 Å². The molecular formula is C25H28BrF4N3O4Si. The van der Waals surface area contributed by atoms with E-state index in [4.69, 9.17) is 4.74 Å². The van der Waals surface area contributed by atoms with Crippen molar-refractivity contribution in [1.29, 1.82) is 0 Å². The molecule has 0 amide bonds. The van der Waals surface area contributed by atoms with Crippen LogP contribution in [-0.4, -0.2) is 35.3 Å². The minimum absolute atomic E-state index is 0.0659. The summed E-state index contributed by atoms with van der Waals surface area (Å²) in [6.07, 6.45) is -2.20. The summed E-state index contributed by atoms with van der Waals surface area (Å²) in [7, 11) is -1.43. The predicted octanol–water partition coefficient (Wildman–Crippen LogP) is 5.55. The highest BCUT2D eigenvalue weighted by atomic mass is 79.9. The Bertz CT molecular complexity index is 1430. The van der Waals surface area contributed by atoms with Gasteiger partial charge in [-0.3, -0.25) is 9.59 Å². The van der Waals surface area contributed by atoms with Gasteiger partial charge in [0.05, 0.1) is 16.1 Å². The molecule has 0 aliphatic rings. The molecule has 1 aromatic carbocycles. The smallest absolute Gasteiger partial charge is 0.359 e. The average Bonchev–Trinajstić information content (AvgIpc) is 2.81. The van der Waals surface area contributed by atoms with Crippen molar-refractivity contribution in [2.45, 2.75) is 63.9 Å². The number of hydrogen-bond donors (Lipinski definition) is 0. The van der Waals surface area contributed by atoms with Gasteiger partial charge in [0.1, 0.15) is 24.4 Å². The number of nitrogens with zero attached hydrogens (tertiary/aromatic N) is 3. The first-order chi connectivity index (χ1) is 17.7. The highest BCUT2D eigenvalue weighted by molar-refractivity contribution is 9.10. The molecule has 13 heteroatoms. The SMILES string of the molecule is C[Si](C)(C)CCOCn1ncc(C(C=O)CCCn2ccc3cc(Br)c(F)cc3c2=O)c(C(F)(F)F)c1=O. The van der Waals surface area contributed by atoms with E-state index in [1.54, 1.807) is 6.07 Å². The molecule has 206 valence electrons. The number of fused-ring (bicyclic) bond motifs is 1. The molecule has 0 bridgehead atoms. The molecule has 0 fully saturated rings. The van der Waals surface area contributed by atoms with Gasteiger partial charge in [0.25, 0.3) is 11.1 Å². The number of benzene rings is 1. The van der Waals surface area contributed by atoms with Crippen molar-refractivity contribution in [1.82, 2.24) is 14.3 Å². The fourth-order valence-electron chi connectivity index (χ4n) is 3.92. The summed E-state index contributed by atoms with van der Waals surface area (Å²) >= 11 is 3.07. The van der Waals surface area contributed by atoms with Gasteiger partial charge < -0.3 is 14.1 Å². The third kappa shape index (κ3) is 7.26. The fraction of sp³-hybridized carbons (Fsp3) is 0.440. The molecular weight excluding hydrogens is 590 g/mol.